The number of aromatic nitrogens is 2. The average Bonchev–Trinajstić information content (AvgIpc) is 3.19. The van der Waals surface area contributed by atoms with Gasteiger partial charge in [-0.05, 0) is 31.0 Å². The Balaban J connectivity index is 1.73. The van der Waals surface area contributed by atoms with Gasteiger partial charge in [-0.3, -0.25) is 4.79 Å². The van der Waals surface area contributed by atoms with Crippen LogP contribution in [0.4, 0.5) is 5.82 Å². The molecule has 0 spiro atoms. The number of carbonyl (C=O) groups excluding carboxylic acids is 2. The predicted molar refractivity (Wildman–Crippen MR) is 102 cm³/mol. The molecule has 1 amide bonds. The van der Waals surface area contributed by atoms with Gasteiger partial charge in [-0.15, -0.1) is 0 Å². The Bertz CT molecular complexity index is 1060. The molecule has 3 heterocycles. The molecule has 1 aromatic heterocycles. The summed E-state index contributed by atoms with van der Waals surface area (Å²) < 4.78 is 30.2. The van der Waals surface area contributed by atoms with Gasteiger partial charge in [0.1, 0.15) is 5.82 Å². The van der Waals surface area contributed by atoms with Crippen LogP contribution in [0.25, 0.3) is 0 Å². The van der Waals surface area contributed by atoms with E-state index in [1.165, 1.54) is 7.11 Å². The molecule has 0 radical (unpaired) electrons. The van der Waals surface area contributed by atoms with E-state index in [0.29, 0.717) is 17.8 Å². The van der Waals surface area contributed by atoms with Crippen LogP contribution in [0.3, 0.4) is 0 Å². The summed E-state index contributed by atoms with van der Waals surface area (Å²) in [4.78, 5) is 24.0. The third-order valence-electron chi connectivity index (χ3n) is 5.42. The third kappa shape index (κ3) is 3.19. The number of ether oxygens (including phenoxy) is 1. The molecule has 1 N–H and O–H groups in total. The maximum atomic E-state index is 12.4. The van der Waals surface area contributed by atoms with Gasteiger partial charge in [0.25, 0.3) is 0 Å². The number of methoxy groups -OCH3 is 1. The second-order valence-electron chi connectivity index (χ2n) is 7.27. The van der Waals surface area contributed by atoms with Crippen molar-refractivity contribution in [2.45, 2.75) is 31.7 Å². The Morgan fingerprint density at radius 2 is 2.00 bits per heavy atom. The number of hydrogen-bond acceptors (Lipinski definition) is 6. The van der Waals surface area contributed by atoms with Gasteiger partial charge >= 0.3 is 5.97 Å². The molecule has 0 bridgehead atoms. The zero-order valence-corrected chi connectivity index (χ0v) is 16.5. The number of amides is 1. The first-order chi connectivity index (χ1) is 13.3. The Labute approximate surface area is 162 Å². The highest BCUT2D eigenvalue weighted by atomic mass is 32.2. The second kappa shape index (κ2) is 6.73. The number of nitrogens with zero attached hydrogens (tertiary/aromatic N) is 2. The maximum absolute atomic E-state index is 12.4. The number of hydrogen-bond donors (Lipinski definition) is 1. The Hall–Kier alpha value is -2.68. The summed E-state index contributed by atoms with van der Waals surface area (Å²) >= 11 is 0. The predicted octanol–water partition coefficient (Wildman–Crippen LogP) is 1.81. The van der Waals surface area contributed by atoms with E-state index >= 15 is 0 Å². The molecular weight excluding hydrogens is 382 g/mol. The molecule has 9 heteroatoms. The molecule has 28 heavy (non-hydrogen) atoms. The number of sulfone groups is 1. The molecule has 1 fully saturated rings. The first-order valence-corrected chi connectivity index (χ1v) is 10.9. The van der Waals surface area contributed by atoms with Crippen molar-refractivity contribution in [2.24, 2.45) is 0 Å². The van der Waals surface area contributed by atoms with E-state index in [1.807, 2.05) is 19.1 Å². The minimum absolute atomic E-state index is 0.0366. The van der Waals surface area contributed by atoms with Gasteiger partial charge in [-0.25, -0.2) is 17.9 Å². The van der Waals surface area contributed by atoms with Crippen molar-refractivity contribution in [3.8, 4) is 0 Å². The van der Waals surface area contributed by atoms with Crippen molar-refractivity contribution in [2.75, 3.05) is 23.9 Å². The number of fused-ring (bicyclic) bond motifs is 1. The summed E-state index contributed by atoms with van der Waals surface area (Å²) in [6.07, 6.45) is 0.754. The van der Waals surface area contributed by atoms with Crippen molar-refractivity contribution in [3.63, 3.8) is 0 Å². The number of rotatable bonds is 3. The van der Waals surface area contributed by atoms with Gasteiger partial charge in [-0.2, -0.15) is 5.10 Å². The van der Waals surface area contributed by atoms with Crippen LogP contribution in [-0.4, -0.2) is 48.7 Å². The van der Waals surface area contributed by atoms with Gasteiger partial charge in [0.15, 0.2) is 9.84 Å². The number of benzene rings is 1. The molecule has 1 saturated heterocycles. The quantitative estimate of drug-likeness (QED) is 0.783. The maximum Gasteiger partial charge on any atom is 0.337 e. The fraction of sp³-hybridized carbons (Fsp3) is 0.421. The number of nitrogens with one attached hydrogen (secondary N) is 1. The molecular formula is C19H21N3O5S. The average molecular weight is 403 g/mol. The van der Waals surface area contributed by atoms with E-state index in [-0.39, 0.29) is 35.8 Å². The van der Waals surface area contributed by atoms with Crippen molar-refractivity contribution in [3.05, 3.63) is 46.6 Å². The fourth-order valence-corrected chi connectivity index (χ4v) is 5.75. The lowest BCUT2D eigenvalue weighted by Gasteiger charge is -2.25. The monoisotopic (exact) mass is 403 g/mol. The minimum Gasteiger partial charge on any atom is -0.465 e. The topological polar surface area (TPSA) is 107 Å². The first-order valence-electron chi connectivity index (χ1n) is 9.06. The molecule has 0 aliphatic carbocycles. The van der Waals surface area contributed by atoms with Crippen molar-refractivity contribution >= 4 is 27.5 Å². The summed E-state index contributed by atoms with van der Waals surface area (Å²) in [7, 11) is -1.74. The van der Waals surface area contributed by atoms with E-state index in [0.717, 1.165) is 16.8 Å². The van der Waals surface area contributed by atoms with Gasteiger partial charge in [0, 0.05) is 17.9 Å². The van der Waals surface area contributed by atoms with E-state index in [4.69, 9.17) is 4.74 Å². The third-order valence-corrected chi connectivity index (χ3v) is 7.17. The van der Waals surface area contributed by atoms with Crippen LogP contribution in [-0.2, 0) is 19.4 Å². The van der Waals surface area contributed by atoms with Crippen LogP contribution < -0.4 is 5.32 Å². The Kier molecular flexibility index (Phi) is 4.49. The van der Waals surface area contributed by atoms with Crippen LogP contribution in [0, 0.1) is 6.92 Å². The van der Waals surface area contributed by atoms with Gasteiger partial charge in [0.2, 0.25) is 5.91 Å². The smallest absolute Gasteiger partial charge is 0.337 e. The minimum atomic E-state index is -3.07. The highest BCUT2D eigenvalue weighted by molar-refractivity contribution is 7.91. The highest BCUT2D eigenvalue weighted by Gasteiger charge is 2.37. The normalized spacial score (nSPS) is 23.1. The first kappa shape index (κ1) is 18.7. The van der Waals surface area contributed by atoms with Crippen LogP contribution in [0.15, 0.2) is 24.3 Å². The molecule has 2 aliphatic heterocycles. The fourth-order valence-electron chi connectivity index (χ4n) is 4.06. The van der Waals surface area contributed by atoms with Crippen molar-refractivity contribution < 1.29 is 22.7 Å². The van der Waals surface area contributed by atoms with E-state index < -0.39 is 15.8 Å². The summed E-state index contributed by atoms with van der Waals surface area (Å²) in [6.45, 7) is 1.87. The molecule has 1 aromatic carbocycles. The Morgan fingerprint density at radius 1 is 1.29 bits per heavy atom. The van der Waals surface area contributed by atoms with Crippen LogP contribution >= 0.6 is 0 Å². The largest absolute Gasteiger partial charge is 0.465 e. The number of aryl methyl sites for hydroxylation is 1. The van der Waals surface area contributed by atoms with Gasteiger partial charge in [-0.1, -0.05) is 12.1 Å². The summed E-state index contributed by atoms with van der Waals surface area (Å²) in [5.74, 6) is -0.0103. The van der Waals surface area contributed by atoms with Crippen LogP contribution in [0.5, 0.6) is 0 Å². The number of anilines is 1. The molecule has 148 valence electrons. The Morgan fingerprint density at radius 3 is 2.61 bits per heavy atom. The number of esters is 1. The molecule has 8 nitrogen and oxygen atoms in total. The molecule has 2 atom stereocenters. The highest BCUT2D eigenvalue weighted by Crippen LogP contribution is 2.41. The summed E-state index contributed by atoms with van der Waals surface area (Å²) in [6, 6.07) is 6.72. The van der Waals surface area contributed by atoms with Gasteiger partial charge < -0.3 is 10.1 Å². The molecule has 4 rings (SSSR count). The lowest BCUT2D eigenvalue weighted by molar-refractivity contribution is -0.116. The van der Waals surface area contributed by atoms with E-state index in [1.54, 1.807) is 16.8 Å². The second-order valence-corrected chi connectivity index (χ2v) is 9.50. The van der Waals surface area contributed by atoms with Crippen molar-refractivity contribution in [1.82, 2.24) is 9.78 Å². The number of carbonyl (C=O) groups is 2. The zero-order valence-electron chi connectivity index (χ0n) is 15.6. The standard InChI is InChI=1S/C19H21N3O5S/c1-11-17-15(12-3-5-13(6-4-12)19(24)27-2)9-16(23)20-18(17)22(21-11)14-7-8-28(25,26)10-14/h3-6,14-15H,7-10H2,1-2H3,(H,20,23)/t14-,15+/m1/s1. The van der Waals surface area contributed by atoms with Crippen LogP contribution in [0.2, 0.25) is 0 Å². The molecule has 2 aromatic rings. The molecule has 2 aliphatic rings. The zero-order chi connectivity index (χ0) is 20.1. The SMILES string of the molecule is COC(=O)c1ccc([C@@H]2CC(=O)Nc3c2c(C)nn3[C@@H]2CCS(=O)(=O)C2)cc1. The van der Waals surface area contributed by atoms with Gasteiger partial charge in [0.05, 0.1) is 35.9 Å². The summed E-state index contributed by atoms with van der Waals surface area (Å²) in [5.41, 5.74) is 3.00. The van der Waals surface area contributed by atoms with E-state index in [9.17, 15) is 18.0 Å². The summed E-state index contributed by atoms with van der Waals surface area (Å²) in [5, 5.41) is 7.46. The molecule has 0 saturated carbocycles. The van der Waals surface area contributed by atoms with E-state index in [2.05, 4.69) is 10.4 Å². The molecule has 0 unspecified atom stereocenters. The lowest BCUT2D eigenvalue weighted by Crippen LogP contribution is -2.26. The lowest BCUT2D eigenvalue weighted by atomic mass is 9.85. The van der Waals surface area contributed by atoms with Crippen LogP contribution in [0.1, 0.15) is 52.0 Å². The van der Waals surface area contributed by atoms with Crippen molar-refractivity contribution in [1.29, 1.82) is 0 Å².